The van der Waals surface area contributed by atoms with Gasteiger partial charge in [-0.15, -0.1) is 0 Å². The fourth-order valence-electron chi connectivity index (χ4n) is 1.26. The minimum Gasteiger partial charge on any atom is -0.433 e. The maximum Gasteiger partial charge on any atom is 0.215 e. The Bertz CT molecular complexity index is 150. The number of nitrogens with one attached hydrogen (secondary N) is 2. The van der Waals surface area contributed by atoms with Gasteiger partial charge in [-0.1, -0.05) is 0 Å². The molecule has 0 aromatic carbocycles. The highest BCUT2D eigenvalue weighted by Crippen LogP contribution is 2.06. The van der Waals surface area contributed by atoms with Crippen LogP contribution in [0.5, 0.6) is 0 Å². The summed E-state index contributed by atoms with van der Waals surface area (Å²) in [5, 5.41) is 3.92. The Hall–Kier alpha value is -0.610. The van der Waals surface area contributed by atoms with Crippen LogP contribution in [0.15, 0.2) is 0 Å². The molecule has 0 saturated carbocycles. The van der Waals surface area contributed by atoms with E-state index in [2.05, 4.69) is 17.7 Å². The molecule has 1 heterocycles. The van der Waals surface area contributed by atoms with Crippen LogP contribution in [0.3, 0.4) is 0 Å². The number of hydrogen-bond donors (Lipinski definition) is 2. The van der Waals surface area contributed by atoms with Crippen molar-refractivity contribution >= 4 is 5.91 Å². The van der Waals surface area contributed by atoms with Gasteiger partial charge in [0.1, 0.15) is 0 Å². The van der Waals surface area contributed by atoms with Gasteiger partial charge in [0.15, 0.2) is 0 Å². The minimum absolute atomic E-state index is 0.000602. The van der Waals surface area contributed by atoms with Gasteiger partial charge < -0.3 is 15.8 Å². The maximum atomic E-state index is 10.6. The van der Waals surface area contributed by atoms with Gasteiger partial charge in [-0.2, -0.15) is 0 Å². The summed E-state index contributed by atoms with van der Waals surface area (Å²) in [6, 6.07) is 0.520. The molecule has 0 bridgehead atoms. The van der Waals surface area contributed by atoms with Gasteiger partial charge >= 0.3 is 0 Å². The molecule has 1 saturated heterocycles. The molecule has 2 N–H and O–H groups in total. The number of carbonyl (C=O) groups excluding carboxylic acids is 1. The van der Waals surface area contributed by atoms with Crippen LogP contribution in [0.2, 0.25) is 0 Å². The highest BCUT2D eigenvalue weighted by atomic mass is 16.1. The third-order valence-electron chi connectivity index (χ3n) is 2.02. The second-order valence-corrected chi connectivity index (χ2v) is 3.12. The van der Waals surface area contributed by atoms with E-state index >= 15 is 0 Å². The van der Waals surface area contributed by atoms with Crippen molar-refractivity contribution in [2.24, 2.45) is 0 Å². The van der Waals surface area contributed by atoms with E-state index in [1.807, 2.05) is 7.05 Å². The smallest absolute Gasteiger partial charge is 0.215 e. The molecular formula is C7H15N3O. The summed E-state index contributed by atoms with van der Waals surface area (Å²) in [5.74, 6) is 0.000602. The van der Waals surface area contributed by atoms with Crippen molar-refractivity contribution in [1.82, 2.24) is 5.32 Å². The zero-order valence-electron chi connectivity index (χ0n) is 7.22. The number of amides is 1. The molecule has 11 heavy (non-hydrogen) atoms. The molecule has 4 nitrogen and oxygen atoms in total. The lowest BCUT2D eigenvalue weighted by Gasteiger charge is -2.25. The minimum atomic E-state index is 0.000602. The largest absolute Gasteiger partial charge is 0.433 e. The monoisotopic (exact) mass is 157 g/mol. The van der Waals surface area contributed by atoms with Crippen molar-refractivity contribution in [3.63, 3.8) is 0 Å². The molecule has 64 valence electrons. The van der Waals surface area contributed by atoms with Crippen molar-refractivity contribution in [2.75, 3.05) is 7.05 Å². The lowest BCUT2D eigenvalue weighted by atomic mass is 10.2. The van der Waals surface area contributed by atoms with Crippen LogP contribution in [0.1, 0.15) is 20.3 Å². The first kappa shape index (κ1) is 8.49. The first-order chi connectivity index (χ1) is 5.09. The molecule has 3 unspecified atom stereocenters. The van der Waals surface area contributed by atoms with Crippen LogP contribution < -0.4 is 10.3 Å². The Labute approximate surface area is 66.9 Å². The second-order valence-electron chi connectivity index (χ2n) is 3.12. The van der Waals surface area contributed by atoms with Gasteiger partial charge in [-0.25, -0.2) is 0 Å². The van der Waals surface area contributed by atoms with Crippen LogP contribution in [-0.2, 0) is 4.79 Å². The summed E-state index contributed by atoms with van der Waals surface area (Å²) in [7, 11) is 2.01. The van der Waals surface area contributed by atoms with Crippen LogP contribution >= 0.6 is 0 Å². The molecule has 4 heteroatoms. The highest BCUT2D eigenvalue weighted by molar-refractivity contribution is 5.73. The number of nitrogens with zero attached hydrogens (tertiary/aromatic N) is 1. The lowest BCUT2D eigenvalue weighted by molar-refractivity contribution is -0.855. The number of hydrogen-bond acceptors (Lipinski definition) is 1. The Morgan fingerprint density at radius 3 is 2.73 bits per heavy atom. The predicted molar refractivity (Wildman–Crippen MR) is 41.9 cm³/mol. The maximum absolute atomic E-state index is 10.6. The van der Waals surface area contributed by atoms with E-state index in [1.54, 1.807) is 0 Å². The van der Waals surface area contributed by atoms with Gasteiger partial charge in [0.05, 0.1) is 13.1 Å². The third-order valence-corrected chi connectivity index (χ3v) is 2.02. The van der Waals surface area contributed by atoms with Crippen molar-refractivity contribution in [3.8, 4) is 0 Å². The Balaban J connectivity index is 2.35. The summed E-state index contributed by atoms with van der Waals surface area (Å²) < 4.78 is 0. The summed E-state index contributed by atoms with van der Waals surface area (Å²) in [6.45, 7) is 3.65. The molecule has 1 rings (SSSR count). The van der Waals surface area contributed by atoms with E-state index < -0.39 is 0 Å². The molecule has 1 aliphatic rings. The quantitative estimate of drug-likeness (QED) is 0.506. The molecule has 1 fully saturated rings. The van der Waals surface area contributed by atoms with Gasteiger partial charge in [-0.05, 0) is 13.1 Å². The SMILES string of the molecule is CC(=O)NC1CC(C)[NH+](C)[N-]1. The Morgan fingerprint density at radius 1 is 1.73 bits per heavy atom. The van der Waals surface area contributed by atoms with E-state index in [0.29, 0.717) is 6.04 Å². The lowest BCUT2D eigenvalue weighted by Crippen LogP contribution is -3.06. The van der Waals surface area contributed by atoms with E-state index in [-0.39, 0.29) is 12.1 Å². The highest BCUT2D eigenvalue weighted by Gasteiger charge is 2.20. The van der Waals surface area contributed by atoms with Gasteiger partial charge in [0.2, 0.25) is 5.91 Å². The average Bonchev–Trinajstić information content (AvgIpc) is 2.10. The van der Waals surface area contributed by atoms with Gasteiger partial charge in [-0.3, -0.25) is 4.79 Å². The molecule has 1 amide bonds. The fraction of sp³-hybridized carbons (Fsp3) is 0.857. The van der Waals surface area contributed by atoms with Crippen LogP contribution in [0.4, 0.5) is 0 Å². The van der Waals surface area contributed by atoms with E-state index in [9.17, 15) is 4.79 Å². The zero-order valence-corrected chi connectivity index (χ0v) is 7.22. The normalized spacial score (nSPS) is 37.2. The fourth-order valence-corrected chi connectivity index (χ4v) is 1.26. The average molecular weight is 157 g/mol. The zero-order chi connectivity index (χ0) is 8.43. The van der Waals surface area contributed by atoms with Crippen molar-refractivity contribution in [3.05, 3.63) is 5.43 Å². The molecular weight excluding hydrogens is 142 g/mol. The van der Waals surface area contributed by atoms with E-state index in [1.165, 1.54) is 6.92 Å². The summed E-state index contributed by atoms with van der Waals surface area (Å²) in [6.07, 6.45) is 0.980. The van der Waals surface area contributed by atoms with Crippen molar-refractivity contribution < 1.29 is 9.80 Å². The Kier molecular flexibility index (Phi) is 2.46. The molecule has 3 atom stereocenters. The first-order valence-corrected chi connectivity index (χ1v) is 3.91. The van der Waals surface area contributed by atoms with Crippen molar-refractivity contribution in [1.29, 1.82) is 0 Å². The summed E-state index contributed by atoms with van der Waals surface area (Å²) >= 11 is 0. The van der Waals surface area contributed by atoms with Gasteiger partial charge in [0.25, 0.3) is 0 Å². The van der Waals surface area contributed by atoms with Gasteiger partial charge in [0, 0.05) is 13.3 Å². The molecule has 0 radical (unpaired) electrons. The third kappa shape index (κ3) is 2.17. The first-order valence-electron chi connectivity index (χ1n) is 3.91. The van der Waals surface area contributed by atoms with E-state index in [4.69, 9.17) is 0 Å². The molecule has 0 aromatic rings. The number of rotatable bonds is 1. The molecule has 0 aliphatic carbocycles. The van der Waals surface area contributed by atoms with Crippen LogP contribution in [0.25, 0.3) is 5.43 Å². The Morgan fingerprint density at radius 2 is 2.36 bits per heavy atom. The molecule has 0 spiro atoms. The standard InChI is InChI=1S/C7H15N3O/c1-5-4-7(8-6(2)11)9-10(5)3/h5,7,10H,4H2,1-3H3,(H,8,11). The van der Waals surface area contributed by atoms with Crippen molar-refractivity contribution in [2.45, 2.75) is 32.5 Å². The number of carbonyl (C=O) groups is 1. The van der Waals surface area contributed by atoms with Crippen LogP contribution in [0, 0.1) is 0 Å². The van der Waals surface area contributed by atoms with Crippen LogP contribution in [-0.4, -0.2) is 25.2 Å². The second kappa shape index (κ2) is 3.19. The summed E-state index contributed by atoms with van der Waals surface area (Å²) in [4.78, 5) is 10.6. The molecule has 0 aromatic heterocycles. The number of quaternary nitrogens is 1. The topological polar surface area (TPSA) is 47.6 Å². The summed E-state index contributed by atoms with van der Waals surface area (Å²) in [5.41, 5.74) is 4.29. The molecule has 1 aliphatic heterocycles. The predicted octanol–water partition coefficient (Wildman–Crippen LogP) is -0.956. The van der Waals surface area contributed by atoms with E-state index in [0.717, 1.165) is 11.4 Å².